The first-order valence-electron chi connectivity index (χ1n) is 5.99. The number of hydrogen-bond acceptors (Lipinski definition) is 3. The minimum atomic E-state index is -0.663. The van der Waals surface area contributed by atoms with Crippen molar-refractivity contribution in [2.24, 2.45) is 0 Å². The van der Waals surface area contributed by atoms with Gasteiger partial charge in [-0.2, -0.15) is 0 Å². The maximum atomic E-state index is 12.0. The van der Waals surface area contributed by atoms with Gasteiger partial charge in [0.15, 0.2) is 0 Å². The van der Waals surface area contributed by atoms with E-state index in [9.17, 15) is 9.59 Å². The Morgan fingerprint density at radius 3 is 2.47 bits per heavy atom. The van der Waals surface area contributed by atoms with Crippen LogP contribution in [0.4, 0.5) is 0 Å². The number of benzene rings is 2. The van der Waals surface area contributed by atoms with Crippen LogP contribution in [0.1, 0.15) is 17.3 Å². The van der Waals surface area contributed by atoms with Gasteiger partial charge in [-0.05, 0) is 29.8 Å². The van der Waals surface area contributed by atoms with Crippen LogP contribution in [-0.2, 0) is 9.53 Å². The van der Waals surface area contributed by atoms with Gasteiger partial charge in [0.1, 0.15) is 6.04 Å². The topological polar surface area (TPSA) is 55.4 Å². The second-order valence-corrected chi connectivity index (χ2v) is 4.28. The maximum absolute atomic E-state index is 12.0. The SMILES string of the molecule is COC(=O)[C@H](C)NC(=O)c1ccc2ccccc2c1. The molecule has 2 aromatic carbocycles. The molecule has 0 unspecified atom stereocenters. The van der Waals surface area contributed by atoms with Crippen LogP contribution in [0.3, 0.4) is 0 Å². The maximum Gasteiger partial charge on any atom is 0.328 e. The highest BCUT2D eigenvalue weighted by Crippen LogP contribution is 2.15. The molecule has 0 heterocycles. The number of carbonyl (C=O) groups excluding carboxylic acids is 2. The molecule has 0 aliphatic heterocycles. The molecule has 0 aromatic heterocycles. The fourth-order valence-electron chi connectivity index (χ4n) is 1.85. The van der Waals surface area contributed by atoms with E-state index in [2.05, 4.69) is 10.1 Å². The highest BCUT2D eigenvalue weighted by Gasteiger charge is 2.16. The van der Waals surface area contributed by atoms with Crippen molar-refractivity contribution in [2.75, 3.05) is 7.11 Å². The number of nitrogens with one attached hydrogen (secondary N) is 1. The van der Waals surface area contributed by atoms with Crippen LogP contribution in [0.2, 0.25) is 0 Å². The highest BCUT2D eigenvalue weighted by atomic mass is 16.5. The van der Waals surface area contributed by atoms with E-state index in [4.69, 9.17) is 0 Å². The molecule has 1 atom stereocenters. The number of fused-ring (bicyclic) bond motifs is 1. The van der Waals surface area contributed by atoms with Gasteiger partial charge >= 0.3 is 5.97 Å². The van der Waals surface area contributed by atoms with E-state index in [1.54, 1.807) is 19.1 Å². The minimum Gasteiger partial charge on any atom is -0.467 e. The van der Waals surface area contributed by atoms with E-state index in [0.717, 1.165) is 10.8 Å². The van der Waals surface area contributed by atoms with Crippen LogP contribution in [0.25, 0.3) is 10.8 Å². The molecule has 0 spiro atoms. The fraction of sp³-hybridized carbons (Fsp3) is 0.200. The Hall–Kier alpha value is -2.36. The predicted octanol–water partition coefficient (Wildman–Crippen LogP) is 2.13. The Labute approximate surface area is 111 Å². The first kappa shape index (κ1) is 13.1. The zero-order chi connectivity index (χ0) is 13.8. The van der Waals surface area contributed by atoms with Gasteiger partial charge in [-0.3, -0.25) is 4.79 Å². The number of rotatable bonds is 3. The van der Waals surface area contributed by atoms with Crippen LogP contribution in [0.5, 0.6) is 0 Å². The normalized spacial score (nSPS) is 11.9. The molecule has 0 radical (unpaired) electrons. The molecule has 0 bridgehead atoms. The number of ether oxygens (including phenoxy) is 1. The van der Waals surface area contributed by atoms with Crippen molar-refractivity contribution in [2.45, 2.75) is 13.0 Å². The van der Waals surface area contributed by atoms with Gasteiger partial charge in [-0.1, -0.05) is 30.3 Å². The van der Waals surface area contributed by atoms with Crippen molar-refractivity contribution >= 4 is 22.6 Å². The standard InChI is InChI=1S/C15H15NO3/c1-10(15(18)19-2)16-14(17)13-8-7-11-5-3-4-6-12(11)9-13/h3-10H,1-2H3,(H,16,17)/t10-/m0/s1. The van der Waals surface area contributed by atoms with Crippen molar-refractivity contribution in [1.29, 1.82) is 0 Å². The lowest BCUT2D eigenvalue weighted by Gasteiger charge is -2.11. The number of carbonyl (C=O) groups is 2. The number of esters is 1. The predicted molar refractivity (Wildman–Crippen MR) is 72.9 cm³/mol. The lowest BCUT2D eigenvalue weighted by Crippen LogP contribution is -2.39. The summed E-state index contributed by atoms with van der Waals surface area (Å²) in [5.74, 6) is -0.752. The summed E-state index contributed by atoms with van der Waals surface area (Å²) in [5, 5.41) is 4.65. The largest absolute Gasteiger partial charge is 0.467 e. The third-order valence-electron chi connectivity index (χ3n) is 2.91. The third kappa shape index (κ3) is 2.91. The average Bonchev–Trinajstić information content (AvgIpc) is 2.45. The molecule has 98 valence electrons. The second kappa shape index (κ2) is 5.52. The summed E-state index contributed by atoms with van der Waals surface area (Å²) in [7, 11) is 1.29. The summed E-state index contributed by atoms with van der Waals surface area (Å²) in [6.07, 6.45) is 0. The molecule has 2 aromatic rings. The Bertz CT molecular complexity index is 622. The molecule has 1 amide bonds. The molecular formula is C15H15NO3. The first-order chi connectivity index (χ1) is 9.11. The molecule has 2 rings (SSSR count). The quantitative estimate of drug-likeness (QED) is 0.857. The van der Waals surface area contributed by atoms with Crippen molar-refractivity contribution in [3.8, 4) is 0 Å². The van der Waals surface area contributed by atoms with Crippen molar-refractivity contribution in [3.63, 3.8) is 0 Å². The Kier molecular flexibility index (Phi) is 3.80. The van der Waals surface area contributed by atoms with Crippen LogP contribution in [0.15, 0.2) is 42.5 Å². The highest BCUT2D eigenvalue weighted by molar-refractivity contribution is 6.00. The van der Waals surface area contributed by atoms with Crippen molar-refractivity contribution in [1.82, 2.24) is 5.32 Å². The summed E-state index contributed by atoms with van der Waals surface area (Å²) in [4.78, 5) is 23.3. The van der Waals surface area contributed by atoms with Crippen LogP contribution in [-0.4, -0.2) is 25.0 Å². The van der Waals surface area contributed by atoms with E-state index in [0.29, 0.717) is 5.56 Å². The van der Waals surface area contributed by atoms with Gasteiger partial charge < -0.3 is 10.1 Å². The van der Waals surface area contributed by atoms with E-state index < -0.39 is 12.0 Å². The second-order valence-electron chi connectivity index (χ2n) is 4.28. The summed E-state index contributed by atoms with van der Waals surface area (Å²) in [5.41, 5.74) is 0.523. The summed E-state index contributed by atoms with van der Waals surface area (Å²) >= 11 is 0. The summed E-state index contributed by atoms with van der Waals surface area (Å²) in [6, 6.07) is 12.5. The van der Waals surface area contributed by atoms with E-state index in [-0.39, 0.29) is 5.91 Å². The number of hydrogen-bond donors (Lipinski definition) is 1. The Morgan fingerprint density at radius 2 is 1.79 bits per heavy atom. The molecule has 4 nitrogen and oxygen atoms in total. The monoisotopic (exact) mass is 257 g/mol. The van der Waals surface area contributed by atoms with Crippen molar-refractivity contribution in [3.05, 3.63) is 48.0 Å². The number of amides is 1. The molecule has 0 saturated carbocycles. The number of methoxy groups -OCH3 is 1. The minimum absolute atomic E-state index is 0.288. The molecule has 0 fully saturated rings. The summed E-state index contributed by atoms with van der Waals surface area (Å²) < 4.78 is 4.57. The Morgan fingerprint density at radius 1 is 1.11 bits per heavy atom. The summed E-state index contributed by atoms with van der Waals surface area (Å²) in [6.45, 7) is 1.59. The van der Waals surface area contributed by atoms with E-state index >= 15 is 0 Å². The molecular weight excluding hydrogens is 242 g/mol. The van der Waals surface area contributed by atoms with Gasteiger partial charge in [-0.25, -0.2) is 4.79 Å². The van der Waals surface area contributed by atoms with E-state index in [1.807, 2.05) is 30.3 Å². The van der Waals surface area contributed by atoms with Crippen LogP contribution < -0.4 is 5.32 Å². The zero-order valence-electron chi connectivity index (χ0n) is 10.8. The van der Waals surface area contributed by atoms with Gasteiger partial charge in [-0.15, -0.1) is 0 Å². The van der Waals surface area contributed by atoms with Gasteiger partial charge in [0.05, 0.1) is 7.11 Å². The lowest BCUT2D eigenvalue weighted by atomic mass is 10.1. The van der Waals surface area contributed by atoms with Crippen LogP contribution >= 0.6 is 0 Å². The fourth-order valence-corrected chi connectivity index (χ4v) is 1.85. The molecule has 0 aliphatic carbocycles. The van der Waals surface area contributed by atoms with Gasteiger partial charge in [0.2, 0.25) is 0 Å². The molecule has 0 saturated heterocycles. The van der Waals surface area contributed by atoms with E-state index in [1.165, 1.54) is 7.11 Å². The van der Waals surface area contributed by atoms with Crippen molar-refractivity contribution < 1.29 is 14.3 Å². The zero-order valence-corrected chi connectivity index (χ0v) is 10.8. The average molecular weight is 257 g/mol. The third-order valence-corrected chi connectivity index (χ3v) is 2.91. The van der Waals surface area contributed by atoms with Gasteiger partial charge in [0, 0.05) is 5.56 Å². The smallest absolute Gasteiger partial charge is 0.328 e. The molecule has 4 heteroatoms. The molecule has 0 aliphatic rings. The Balaban J connectivity index is 2.19. The molecule has 19 heavy (non-hydrogen) atoms. The molecule has 1 N–H and O–H groups in total. The van der Waals surface area contributed by atoms with Gasteiger partial charge in [0.25, 0.3) is 5.91 Å². The first-order valence-corrected chi connectivity index (χ1v) is 5.99. The lowest BCUT2D eigenvalue weighted by molar-refractivity contribution is -0.142. The van der Waals surface area contributed by atoms with Crippen LogP contribution in [0, 0.1) is 0 Å².